The fraction of sp³-hybridized carbons (Fsp3) is 0.606. The van der Waals surface area contributed by atoms with Gasteiger partial charge < -0.3 is 19.5 Å². The Morgan fingerprint density at radius 2 is 1.70 bits per heavy atom. The van der Waals surface area contributed by atoms with E-state index in [-0.39, 0.29) is 36.7 Å². The maximum absolute atomic E-state index is 13.7. The van der Waals surface area contributed by atoms with E-state index < -0.39 is 10.0 Å². The zero-order valence-electron chi connectivity index (χ0n) is 25.8. The summed E-state index contributed by atoms with van der Waals surface area (Å²) in [5, 5.41) is 3.19. The molecule has 1 atom stereocenters. The van der Waals surface area contributed by atoms with Crippen LogP contribution in [0.25, 0.3) is 0 Å². The van der Waals surface area contributed by atoms with Gasteiger partial charge in [0.15, 0.2) is 0 Å². The third kappa shape index (κ3) is 7.42. The molecular formula is C33H47N3O6S. The summed E-state index contributed by atoms with van der Waals surface area (Å²) < 4.78 is 45.7. The number of methoxy groups -OCH3 is 1. The largest absolute Gasteiger partial charge is 0.497 e. The number of hydrogen-bond donors (Lipinski definition) is 1. The molecule has 0 aromatic heterocycles. The molecule has 10 heteroatoms. The number of carbonyl (C=O) groups is 1. The molecule has 1 saturated carbocycles. The first-order chi connectivity index (χ1) is 20.7. The standard InChI is InChI=1S/C33H47N3O6S/c1-25-20-30(40-3)21-26(2)32(25)43(38,39)36-15-7-10-29(36)23-42-24-31(37)34-28-11-13-33(14-12-28,35-16-18-41-19-17-35)22-27-8-5-4-6-9-27/h4-6,8-9,20-21,28-29H,7,10-19,22-24H2,1-3H3,(H,34,37). The van der Waals surface area contributed by atoms with Crippen molar-refractivity contribution in [1.29, 1.82) is 0 Å². The van der Waals surface area contributed by atoms with Crippen LogP contribution in [0.5, 0.6) is 5.75 Å². The van der Waals surface area contributed by atoms with E-state index in [0.717, 1.165) is 64.8 Å². The number of benzene rings is 2. The molecule has 2 aromatic carbocycles. The normalized spacial score (nSPS) is 25.5. The molecule has 0 spiro atoms. The molecule has 1 aliphatic carbocycles. The number of hydrogen-bond acceptors (Lipinski definition) is 7. The monoisotopic (exact) mass is 613 g/mol. The van der Waals surface area contributed by atoms with Crippen LogP contribution in [0.3, 0.4) is 0 Å². The minimum atomic E-state index is -3.71. The van der Waals surface area contributed by atoms with Gasteiger partial charge in [0.05, 0.1) is 31.8 Å². The van der Waals surface area contributed by atoms with Crippen molar-refractivity contribution < 1.29 is 27.4 Å². The van der Waals surface area contributed by atoms with E-state index in [9.17, 15) is 13.2 Å². The molecule has 2 aliphatic heterocycles. The number of ether oxygens (including phenoxy) is 3. The molecular weight excluding hydrogens is 566 g/mol. The van der Waals surface area contributed by atoms with Crippen LogP contribution in [-0.4, -0.2) is 94.3 Å². The molecule has 3 fully saturated rings. The second-order valence-electron chi connectivity index (χ2n) is 12.3. The maximum atomic E-state index is 13.7. The van der Waals surface area contributed by atoms with Gasteiger partial charge in [0.25, 0.3) is 0 Å². The second kappa shape index (κ2) is 14.1. The van der Waals surface area contributed by atoms with Crippen molar-refractivity contribution in [2.45, 2.75) is 81.3 Å². The van der Waals surface area contributed by atoms with Crippen LogP contribution < -0.4 is 10.1 Å². The molecule has 2 saturated heterocycles. The van der Waals surface area contributed by atoms with Crippen molar-refractivity contribution >= 4 is 15.9 Å². The third-order valence-electron chi connectivity index (χ3n) is 9.44. The summed E-state index contributed by atoms with van der Waals surface area (Å²) in [6.45, 7) is 7.61. The molecule has 1 unspecified atom stereocenters. The third-order valence-corrected chi connectivity index (χ3v) is 11.7. The molecule has 2 aromatic rings. The number of nitrogens with zero attached hydrogens (tertiary/aromatic N) is 2. The van der Waals surface area contributed by atoms with Crippen LogP contribution in [0.1, 0.15) is 55.2 Å². The molecule has 1 amide bonds. The van der Waals surface area contributed by atoms with Gasteiger partial charge in [-0.1, -0.05) is 30.3 Å². The number of nitrogens with one attached hydrogen (secondary N) is 1. The summed E-state index contributed by atoms with van der Waals surface area (Å²) in [4.78, 5) is 15.8. The lowest BCUT2D eigenvalue weighted by atomic mass is 9.74. The Hall–Kier alpha value is -2.50. The van der Waals surface area contributed by atoms with Crippen molar-refractivity contribution in [1.82, 2.24) is 14.5 Å². The predicted octanol–water partition coefficient (Wildman–Crippen LogP) is 3.85. The minimum Gasteiger partial charge on any atom is -0.497 e. The van der Waals surface area contributed by atoms with Crippen LogP contribution in [0.4, 0.5) is 0 Å². The molecule has 1 N–H and O–H groups in total. The maximum Gasteiger partial charge on any atom is 0.246 e. The first kappa shape index (κ1) is 31.9. The zero-order chi connectivity index (χ0) is 30.5. The Morgan fingerprint density at radius 3 is 2.35 bits per heavy atom. The van der Waals surface area contributed by atoms with Crippen LogP contribution in [-0.2, 0) is 30.7 Å². The van der Waals surface area contributed by atoms with Gasteiger partial charge in [0.2, 0.25) is 15.9 Å². The van der Waals surface area contributed by atoms with E-state index >= 15 is 0 Å². The van der Waals surface area contributed by atoms with E-state index in [1.165, 1.54) is 5.56 Å². The van der Waals surface area contributed by atoms with Gasteiger partial charge in [-0.25, -0.2) is 8.42 Å². The Balaban J connectivity index is 1.13. The lowest BCUT2D eigenvalue weighted by Crippen LogP contribution is -2.58. The quantitative estimate of drug-likeness (QED) is 0.411. The van der Waals surface area contributed by atoms with E-state index in [4.69, 9.17) is 14.2 Å². The summed E-state index contributed by atoms with van der Waals surface area (Å²) in [5.74, 6) is 0.503. The van der Waals surface area contributed by atoms with Gasteiger partial charge in [0, 0.05) is 37.3 Å². The smallest absolute Gasteiger partial charge is 0.246 e. The van der Waals surface area contributed by atoms with Gasteiger partial charge in [0.1, 0.15) is 12.4 Å². The molecule has 5 rings (SSSR count). The molecule has 2 heterocycles. The van der Waals surface area contributed by atoms with Crippen molar-refractivity contribution in [2.24, 2.45) is 0 Å². The van der Waals surface area contributed by atoms with Crippen molar-refractivity contribution in [3.8, 4) is 5.75 Å². The van der Waals surface area contributed by atoms with Gasteiger partial charge in [-0.05, 0) is 87.6 Å². The average Bonchev–Trinajstić information content (AvgIpc) is 3.48. The lowest BCUT2D eigenvalue weighted by Gasteiger charge is -2.50. The van der Waals surface area contributed by atoms with E-state index in [1.807, 2.05) is 0 Å². The van der Waals surface area contributed by atoms with E-state index in [2.05, 4.69) is 40.5 Å². The summed E-state index contributed by atoms with van der Waals surface area (Å²) in [7, 11) is -2.13. The number of rotatable bonds is 11. The van der Waals surface area contributed by atoms with Crippen molar-refractivity contribution in [3.63, 3.8) is 0 Å². The Labute approximate surface area is 256 Å². The summed E-state index contributed by atoms with van der Waals surface area (Å²) in [6.07, 6.45) is 6.37. The zero-order valence-corrected chi connectivity index (χ0v) is 26.7. The van der Waals surface area contributed by atoms with E-state index in [1.54, 1.807) is 37.4 Å². The molecule has 236 valence electrons. The molecule has 0 radical (unpaired) electrons. The van der Waals surface area contributed by atoms with E-state index in [0.29, 0.717) is 34.7 Å². The Bertz CT molecular complexity index is 1310. The molecule has 3 aliphatic rings. The van der Waals surface area contributed by atoms with Crippen LogP contribution >= 0.6 is 0 Å². The summed E-state index contributed by atoms with van der Waals surface area (Å²) in [6, 6.07) is 14.0. The molecule has 9 nitrogen and oxygen atoms in total. The van der Waals surface area contributed by atoms with Crippen molar-refractivity contribution in [3.05, 3.63) is 59.2 Å². The van der Waals surface area contributed by atoms with Gasteiger partial charge in [-0.2, -0.15) is 4.31 Å². The van der Waals surface area contributed by atoms with Gasteiger partial charge in [-0.3, -0.25) is 9.69 Å². The summed E-state index contributed by atoms with van der Waals surface area (Å²) >= 11 is 0. The highest BCUT2D eigenvalue weighted by molar-refractivity contribution is 7.89. The average molecular weight is 614 g/mol. The van der Waals surface area contributed by atoms with Gasteiger partial charge >= 0.3 is 0 Å². The Morgan fingerprint density at radius 1 is 1.02 bits per heavy atom. The highest BCUT2D eigenvalue weighted by Crippen LogP contribution is 2.37. The first-order valence-electron chi connectivity index (χ1n) is 15.6. The topological polar surface area (TPSA) is 97.4 Å². The van der Waals surface area contributed by atoms with Crippen LogP contribution in [0.15, 0.2) is 47.4 Å². The number of sulfonamides is 1. The van der Waals surface area contributed by atoms with Crippen molar-refractivity contribution in [2.75, 3.05) is 53.2 Å². The Kier molecular flexibility index (Phi) is 10.4. The van der Waals surface area contributed by atoms with Crippen LogP contribution in [0.2, 0.25) is 0 Å². The van der Waals surface area contributed by atoms with Gasteiger partial charge in [-0.15, -0.1) is 0 Å². The first-order valence-corrected chi connectivity index (χ1v) is 17.1. The minimum absolute atomic E-state index is 0.0693. The highest BCUT2D eigenvalue weighted by Gasteiger charge is 2.41. The highest BCUT2D eigenvalue weighted by atomic mass is 32.2. The number of carbonyl (C=O) groups excluding carboxylic acids is 1. The fourth-order valence-corrected chi connectivity index (χ4v) is 9.41. The predicted molar refractivity (Wildman–Crippen MR) is 166 cm³/mol. The molecule has 43 heavy (non-hydrogen) atoms. The second-order valence-corrected chi connectivity index (χ2v) is 14.2. The fourth-order valence-electron chi connectivity index (χ4n) is 7.32. The number of morpholine rings is 1. The number of aryl methyl sites for hydroxylation is 2. The SMILES string of the molecule is COc1cc(C)c(S(=O)(=O)N2CCCC2COCC(=O)NC2CCC(Cc3ccccc3)(N3CCOCC3)CC2)c(C)c1. The summed E-state index contributed by atoms with van der Waals surface area (Å²) in [5.41, 5.74) is 2.76. The van der Waals surface area contributed by atoms with Crippen LogP contribution in [0, 0.1) is 13.8 Å². The molecule has 0 bridgehead atoms. The lowest BCUT2D eigenvalue weighted by molar-refractivity contribution is -0.127. The number of amides is 1.